The van der Waals surface area contributed by atoms with Crippen molar-refractivity contribution in [1.82, 2.24) is 0 Å². The van der Waals surface area contributed by atoms with Crippen molar-refractivity contribution in [3.8, 4) is 0 Å². The maximum atomic E-state index is 11.4. The molecule has 1 aliphatic rings. The lowest BCUT2D eigenvalue weighted by molar-refractivity contribution is -0.423. The third-order valence-corrected chi connectivity index (χ3v) is 4.51. The fourth-order valence-electron chi connectivity index (χ4n) is 2.96. The topological polar surface area (TPSA) is 44.8 Å². The Hall–Kier alpha value is -0.610. The summed E-state index contributed by atoms with van der Waals surface area (Å²) < 4.78 is 4.73. The second-order valence-corrected chi connectivity index (χ2v) is 5.86. The summed E-state index contributed by atoms with van der Waals surface area (Å²) in [7, 11) is 1.41. The summed E-state index contributed by atoms with van der Waals surface area (Å²) in [6, 6.07) is 0. The van der Waals surface area contributed by atoms with E-state index in [4.69, 9.17) is 14.5 Å². The van der Waals surface area contributed by atoms with Gasteiger partial charge in [-0.25, -0.2) is 9.78 Å². The molecule has 0 aromatic rings. The van der Waals surface area contributed by atoms with Gasteiger partial charge in [-0.1, -0.05) is 46.5 Å². The molecule has 0 bridgehead atoms. The minimum absolute atomic E-state index is 0.164. The van der Waals surface area contributed by atoms with Gasteiger partial charge in [-0.3, -0.25) is 4.79 Å². The van der Waals surface area contributed by atoms with Crippen LogP contribution >= 0.6 is 0 Å². The van der Waals surface area contributed by atoms with Crippen LogP contribution in [0.25, 0.3) is 0 Å². The van der Waals surface area contributed by atoms with E-state index in [0.29, 0.717) is 5.92 Å². The Morgan fingerprint density at radius 1 is 1.30 bits per heavy atom. The number of esters is 1. The van der Waals surface area contributed by atoms with Crippen LogP contribution in [0.4, 0.5) is 0 Å². The summed E-state index contributed by atoms with van der Waals surface area (Å²) in [5, 5.41) is 0. The Kier molecular flexibility index (Phi) is 7.52. The number of carbonyl (C=O) groups excluding carboxylic acids is 1. The van der Waals surface area contributed by atoms with Gasteiger partial charge in [0.05, 0.1) is 13.5 Å². The van der Waals surface area contributed by atoms with Crippen molar-refractivity contribution >= 4 is 5.97 Å². The summed E-state index contributed by atoms with van der Waals surface area (Å²) >= 11 is 0. The Balaban J connectivity index is 2.60. The average Bonchev–Trinajstić information content (AvgIpc) is 2.48. The van der Waals surface area contributed by atoms with E-state index < -0.39 is 0 Å². The van der Waals surface area contributed by atoms with Gasteiger partial charge in [-0.15, -0.1) is 0 Å². The summed E-state index contributed by atoms with van der Waals surface area (Å²) in [5.74, 6) is 0.136. The molecule has 0 aromatic heterocycles. The molecule has 3 atom stereocenters. The summed E-state index contributed by atoms with van der Waals surface area (Å²) in [6.07, 6.45) is 7.70. The zero-order valence-electron chi connectivity index (χ0n) is 13.4. The fourth-order valence-corrected chi connectivity index (χ4v) is 2.96. The molecule has 1 rings (SSSR count). The molecule has 4 nitrogen and oxygen atoms in total. The van der Waals surface area contributed by atoms with Crippen LogP contribution in [0, 0.1) is 5.92 Å². The van der Waals surface area contributed by atoms with Crippen LogP contribution < -0.4 is 0 Å². The lowest BCUT2D eigenvalue weighted by Crippen LogP contribution is -2.45. The maximum Gasteiger partial charge on any atom is 0.308 e. The van der Waals surface area contributed by atoms with E-state index in [2.05, 4.69) is 20.8 Å². The first-order chi connectivity index (χ1) is 9.60. The third kappa shape index (κ3) is 4.74. The van der Waals surface area contributed by atoms with Crippen LogP contribution in [0.3, 0.4) is 0 Å². The maximum absolute atomic E-state index is 11.4. The van der Waals surface area contributed by atoms with E-state index in [9.17, 15) is 4.79 Å². The molecule has 0 amide bonds. The minimum Gasteiger partial charge on any atom is -0.469 e. The molecule has 118 valence electrons. The minimum atomic E-state index is -0.230. The van der Waals surface area contributed by atoms with E-state index in [1.165, 1.54) is 26.4 Å². The van der Waals surface area contributed by atoms with Gasteiger partial charge in [-0.2, -0.15) is 0 Å². The molecule has 4 heteroatoms. The number of carbonyl (C=O) groups is 1. The molecule has 0 radical (unpaired) electrons. The van der Waals surface area contributed by atoms with Crippen molar-refractivity contribution < 1.29 is 19.3 Å². The first-order valence-electron chi connectivity index (χ1n) is 8.02. The van der Waals surface area contributed by atoms with Crippen LogP contribution in [0.1, 0.15) is 72.1 Å². The van der Waals surface area contributed by atoms with Gasteiger partial charge >= 0.3 is 5.97 Å². The van der Waals surface area contributed by atoms with Gasteiger partial charge in [-0.05, 0) is 25.2 Å². The van der Waals surface area contributed by atoms with Crippen LogP contribution in [0.2, 0.25) is 0 Å². The zero-order valence-corrected chi connectivity index (χ0v) is 13.4. The Morgan fingerprint density at radius 3 is 2.60 bits per heavy atom. The number of rotatable bonds is 8. The number of methoxy groups -OCH3 is 1. The molecule has 0 saturated carbocycles. The second-order valence-electron chi connectivity index (χ2n) is 5.86. The number of ether oxygens (including phenoxy) is 1. The van der Waals surface area contributed by atoms with E-state index >= 15 is 0 Å². The van der Waals surface area contributed by atoms with Gasteiger partial charge < -0.3 is 4.74 Å². The number of unbranched alkanes of at least 4 members (excludes halogenated alkanes) is 2. The Bertz CT molecular complexity index is 292. The van der Waals surface area contributed by atoms with Crippen LogP contribution in [-0.4, -0.2) is 24.8 Å². The summed E-state index contributed by atoms with van der Waals surface area (Å²) in [6.45, 7) is 6.51. The van der Waals surface area contributed by atoms with Crippen LogP contribution in [0.15, 0.2) is 0 Å². The quantitative estimate of drug-likeness (QED) is 0.384. The van der Waals surface area contributed by atoms with Crippen molar-refractivity contribution in [3.63, 3.8) is 0 Å². The van der Waals surface area contributed by atoms with Gasteiger partial charge in [0.2, 0.25) is 0 Å². The molecule has 1 fully saturated rings. The standard InChI is InChI=1S/C16H30O4/c1-5-8-9-10-16(7-3)12-13(6-2)14(19-20-16)11-15(17)18-4/h13-14H,5-12H2,1-4H3. The predicted octanol–water partition coefficient (Wildman–Crippen LogP) is 4.03. The molecule has 0 spiro atoms. The number of hydrogen-bond acceptors (Lipinski definition) is 4. The first-order valence-corrected chi connectivity index (χ1v) is 8.02. The SMILES string of the molecule is CCCCCC1(CC)CC(CC)C(CC(=O)OC)OO1. The first kappa shape index (κ1) is 17.4. The van der Waals surface area contributed by atoms with Crippen molar-refractivity contribution in [1.29, 1.82) is 0 Å². The van der Waals surface area contributed by atoms with Gasteiger partial charge in [0, 0.05) is 0 Å². The van der Waals surface area contributed by atoms with E-state index in [1.54, 1.807) is 0 Å². The monoisotopic (exact) mass is 286 g/mol. The molecule has 0 N–H and O–H groups in total. The van der Waals surface area contributed by atoms with E-state index in [0.717, 1.165) is 25.7 Å². The lowest BCUT2D eigenvalue weighted by Gasteiger charge is -2.42. The number of hydrogen-bond donors (Lipinski definition) is 0. The predicted molar refractivity (Wildman–Crippen MR) is 78.2 cm³/mol. The molecule has 1 saturated heterocycles. The molecule has 3 unspecified atom stereocenters. The van der Waals surface area contributed by atoms with Crippen molar-refractivity contribution in [2.45, 2.75) is 83.8 Å². The lowest BCUT2D eigenvalue weighted by atomic mass is 9.79. The van der Waals surface area contributed by atoms with E-state index in [-0.39, 0.29) is 24.1 Å². The largest absolute Gasteiger partial charge is 0.469 e. The van der Waals surface area contributed by atoms with Crippen molar-refractivity contribution in [2.24, 2.45) is 5.92 Å². The van der Waals surface area contributed by atoms with Crippen LogP contribution in [-0.2, 0) is 19.3 Å². The normalized spacial score (nSPS) is 30.2. The second kappa shape index (κ2) is 8.63. The molecule has 1 heterocycles. The fraction of sp³-hybridized carbons (Fsp3) is 0.938. The highest BCUT2D eigenvalue weighted by atomic mass is 17.2. The van der Waals surface area contributed by atoms with E-state index in [1.807, 2.05) is 0 Å². The van der Waals surface area contributed by atoms with Gasteiger partial charge in [0.25, 0.3) is 0 Å². The Labute approximate surface area is 123 Å². The van der Waals surface area contributed by atoms with Crippen LogP contribution in [0.5, 0.6) is 0 Å². The molecular weight excluding hydrogens is 256 g/mol. The third-order valence-electron chi connectivity index (χ3n) is 4.51. The molecule has 0 aromatic carbocycles. The Morgan fingerprint density at radius 2 is 2.05 bits per heavy atom. The summed E-state index contributed by atoms with van der Waals surface area (Å²) in [4.78, 5) is 22.8. The zero-order chi connectivity index (χ0) is 15.0. The average molecular weight is 286 g/mol. The molecule has 20 heavy (non-hydrogen) atoms. The molecular formula is C16H30O4. The highest BCUT2D eigenvalue weighted by Crippen LogP contribution is 2.39. The van der Waals surface area contributed by atoms with Gasteiger partial charge in [0.15, 0.2) is 0 Å². The van der Waals surface area contributed by atoms with Crippen molar-refractivity contribution in [3.05, 3.63) is 0 Å². The molecule has 1 aliphatic heterocycles. The summed E-state index contributed by atoms with van der Waals surface area (Å²) in [5.41, 5.74) is -0.164. The highest BCUT2D eigenvalue weighted by molar-refractivity contribution is 5.69. The van der Waals surface area contributed by atoms with Gasteiger partial charge in [0.1, 0.15) is 11.7 Å². The molecule has 0 aliphatic carbocycles. The van der Waals surface area contributed by atoms with Crippen molar-refractivity contribution in [2.75, 3.05) is 7.11 Å². The smallest absolute Gasteiger partial charge is 0.308 e. The highest BCUT2D eigenvalue weighted by Gasteiger charge is 2.42.